The van der Waals surface area contributed by atoms with Crippen LogP contribution < -0.4 is 5.32 Å². The summed E-state index contributed by atoms with van der Waals surface area (Å²) in [4.78, 5) is 16.6. The van der Waals surface area contributed by atoms with Gasteiger partial charge in [0.25, 0.3) is 0 Å². The second kappa shape index (κ2) is 7.46. The minimum Gasteiger partial charge on any atom is -0.376 e. The van der Waals surface area contributed by atoms with Crippen LogP contribution in [-0.4, -0.2) is 55.5 Å². The lowest BCUT2D eigenvalue weighted by atomic mass is 10.0. The predicted octanol–water partition coefficient (Wildman–Crippen LogP) is 2.00. The Morgan fingerprint density at radius 3 is 2.19 bits per heavy atom. The number of hydrogen-bond acceptors (Lipinski definition) is 3. The van der Waals surface area contributed by atoms with E-state index in [-0.39, 0.29) is 5.91 Å². The molecule has 2 rings (SSSR count). The van der Waals surface area contributed by atoms with Gasteiger partial charge in [-0.15, -0.1) is 0 Å². The fourth-order valence-corrected chi connectivity index (χ4v) is 2.80. The number of anilines is 1. The molecule has 1 aliphatic rings. The van der Waals surface area contributed by atoms with Gasteiger partial charge in [0.2, 0.25) is 5.91 Å². The van der Waals surface area contributed by atoms with Crippen molar-refractivity contribution in [1.29, 1.82) is 0 Å². The van der Waals surface area contributed by atoms with Gasteiger partial charge in [-0.2, -0.15) is 0 Å². The van der Waals surface area contributed by atoms with Crippen molar-refractivity contribution in [3.05, 3.63) is 29.3 Å². The average Bonchev–Trinajstić information content (AvgIpc) is 2.52. The van der Waals surface area contributed by atoms with Crippen molar-refractivity contribution in [2.75, 3.05) is 45.1 Å². The third-order valence-electron chi connectivity index (χ3n) is 4.27. The molecule has 1 heterocycles. The molecule has 0 aliphatic carbocycles. The number of rotatable bonds is 5. The number of carbonyl (C=O) groups excluding carboxylic acids is 1. The molecule has 0 spiro atoms. The van der Waals surface area contributed by atoms with Crippen LogP contribution in [-0.2, 0) is 17.6 Å². The van der Waals surface area contributed by atoms with Crippen LogP contribution in [0.4, 0.5) is 5.69 Å². The van der Waals surface area contributed by atoms with Gasteiger partial charge >= 0.3 is 0 Å². The number of aryl methyl sites for hydroxylation is 2. The molecule has 0 atom stereocenters. The van der Waals surface area contributed by atoms with Gasteiger partial charge in [-0.25, -0.2) is 0 Å². The van der Waals surface area contributed by atoms with E-state index in [1.807, 2.05) is 4.90 Å². The van der Waals surface area contributed by atoms with E-state index in [9.17, 15) is 4.79 Å². The van der Waals surface area contributed by atoms with Crippen molar-refractivity contribution in [1.82, 2.24) is 9.80 Å². The topological polar surface area (TPSA) is 35.6 Å². The number of piperazine rings is 1. The molecule has 1 aromatic carbocycles. The molecule has 1 aliphatic heterocycles. The molecule has 4 heteroatoms. The molecule has 4 nitrogen and oxygen atoms in total. The van der Waals surface area contributed by atoms with Gasteiger partial charge in [0.15, 0.2) is 0 Å². The third-order valence-corrected chi connectivity index (χ3v) is 4.27. The zero-order valence-corrected chi connectivity index (χ0v) is 13.5. The van der Waals surface area contributed by atoms with E-state index in [4.69, 9.17) is 0 Å². The fourth-order valence-electron chi connectivity index (χ4n) is 2.80. The summed E-state index contributed by atoms with van der Waals surface area (Å²) in [6.45, 7) is 8.33. The number of nitrogens with zero attached hydrogens (tertiary/aromatic N) is 2. The SMILES string of the molecule is CCc1cccc(CC)c1NCC(=O)N1CCN(C)CC1. The molecule has 0 aromatic heterocycles. The summed E-state index contributed by atoms with van der Waals surface area (Å²) in [6, 6.07) is 6.38. The molecule has 1 saturated heterocycles. The first-order valence-electron chi connectivity index (χ1n) is 7.96. The zero-order chi connectivity index (χ0) is 15.2. The van der Waals surface area contributed by atoms with Gasteiger partial charge in [-0.3, -0.25) is 4.79 Å². The van der Waals surface area contributed by atoms with Crippen molar-refractivity contribution in [3.63, 3.8) is 0 Å². The lowest BCUT2D eigenvalue weighted by molar-refractivity contribution is -0.130. The number of para-hydroxylation sites is 1. The van der Waals surface area contributed by atoms with Gasteiger partial charge in [0.1, 0.15) is 0 Å². The molecule has 0 saturated carbocycles. The lowest BCUT2D eigenvalue weighted by Crippen LogP contribution is -2.48. The van der Waals surface area contributed by atoms with Gasteiger partial charge in [-0.1, -0.05) is 32.0 Å². The molecule has 1 aromatic rings. The van der Waals surface area contributed by atoms with E-state index in [0.717, 1.165) is 44.7 Å². The van der Waals surface area contributed by atoms with Crippen LogP contribution in [0.5, 0.6) is 0 Å². The van der Waals surface area contributed by atoms with E-state index in [0.29, 0.717) is 6.54 Å². The van der Waals surface area contributed by atoms with Gasteiger partial charge in [0.05, 0.1) is 6.54 Å². The Labute approximate surface area is 128 Å². The molecule has 0 radical (unpaired) electrons. The molecule has 1 N–H and O–H groups in total. The van der Waals surface area contributed by atoms with E-state index in [1.54, 1.807) is 0 Å². The van der Waals surface area contributed by atoms with E-state index >= 15 is 0 Å². The standard InChI is InChI=1S/C17H27N3O/c1-4-14-7-6-8-15(5-2)17(14)18-13-16(21)20-11-9-19(3)10-12-20/h6-8,18H,4-5,9-13H2,1-3H3. The molecule has 0 unspecified atom stereocenters. The van der Waals surface area contributed by atoms with Crippen LogP contribution in [0.25, 0.3) is 0 Å². The van der Waals surface area contributed by atoms with Gasteiger partial charge in [0, 0.05) is 31.9 Å². The van der Waals surface area contributed by atoms with Crippen LogP contribution in [0.1, 0.15) is 25.0 Å². The average molecular weight is 289 g/mol. The Morgan fingerprint density at radius 2 is 1.67 bits per heavy atom. The predicted molar refractivity (Wildman–Crippen MR) is 87.8 cm³/mol. The molecular formula is C17H27N3O. The molecule has 21 heavy (non-hydrogen) atoms. The summed E-state index contributed by atoms with van der Waals surface area (Å²) in [5.41, 5.74) is 3.74. The number of hydrogen-bond donors (Lipinski definition) is 1. The highest BCUT2D eigenvalue weighted by molar-refractivity contribution is 5.81. The van der Waals surface area contributed by atoms with Crippen LogP contribution in [0, 0.1) is 0 Å². The second-order valence-corrected chi connectivity index (χ2v) is 5.70. The zero-order valence-electron chi connectivity index (χ0n) is 13.5. The number of amides is 1. The second-order valence-electron chi connectivity index (χ2n) is 5.70. The minimum absolute atomic E-state index is 0.205. The van der Waals surface area contributed by atoms with Crippen molar-refractivity contribution in [2.45, 2.75) is 26.7 Å². The number of carbonyl (C=O) groups is 1. The number of nitrogens with one attached hydrogen (secondary N) is 1. The molecule has 0 bridgehead atoms. The summed E-state index contributed by atoms with van der Waals surface area (Å²) in [5, 5.41) is 3.39. The highest BCUT2D eigenvalue weighted by Crippen LogP contribution is 2.22. The van der Waals surface area contributed by atoms with E-state index in [1.165, 1.54) is 11.1 Å². The first kappa shape index (κ1) is 15.8. The Hall–Kier alpha value is -1.55. The van der Waals surface area contributed by atoms with Crippen molar-refractivity contribution in [3.8, 4) is 0 Å². The van der Waals surface area contributed by atoms with Crippen molar-refractivity contribution < 1.29 is 4.79 Å². The van der Waals surface area contributed by atoms with Gasteiger partial charge in [-0.05, 0) is 31.0 Å². The largest absolute Gasteiger partial charge is 0.376 e. The van der Waals surface area contributed by atoms with Gasteiger partial charge < -0.3 is 15.1 Å². The maximum absolute atomic E-state index is 12.3. The highest BCUT2D eigenvalue weighted by Gasteiger charge is 2.19. The quantitative estimate of drug-likeness (QED) is 0.900. The molecular weight excluding hydrogens is 262 g/mol. The fraction of sp³-hybridized carbons (Fsp3) is 0.588. The number of benzene rings is 1. The summed E-state index contributed by atoms with van der Waals surface area (Å²) in [5.74, 6) is 0.205. The lowest BCUT2D eigenvalue weighted by Gasteiger charge is -2.32. The summed E-state index contributed by atoms with van der Waals surface area (Å²) >= 11 is 0. The minimum atomic E-state index is 0.205. The highest BCUT2D eigenvalue weighted by atomic mass is 16.2. The smallest absolute Gasteiger partial charge is 0.241 e. The number of likely N-dealkylation sites (N-methyl/N-ethyl adjacent to an activating group) is 1. The van der Waals surface area contributed by atoms with Crippen LogP contribution in [0.15, 0.2) is 18.2 Å². The Balaban J connectivity index is 1.98. The molecule has 116 valence electrons. The first-order valence-corrected chi connectivity index (χ1v) is 7.96. The van der Waals surface area contributed by atoms with Crippen LogP contribution in [0.3, 0.4) is 0 Å². The van der Waals surface area contributed by atoms with Crippen molar-refractivity contribution >= 4 is 11.6 Å². The first-order chi connectivity index (χ1) is 10.2. The normalized spacial score (nSPS) is 16.0. The van der Waals surface area contributed by atoms with E-state index < -0.39 is 0 Å². The maximum atomic E-state index is 12.3. The summed E-state index contributed by atoms with van der Waals surface area (Å²) < 4.78 is 0. The third kappa shape index (κ3) is 3.97. The molecule has 1 fully saturated rings. The summed E-state index contributed by atoms with van der Waals surface area (Å²) in [7, 11) is 2.10. The Kier molecular flexibility index (Phi) is 5.62. The maximum Gasteiger partial charge on any atom is 0.241 e. The monoisotopic (exact) mass is 289 g/mol. The van der Waals surface area contributed by atoms with Crippen LogP contribution in [0.2, 0.25) is 0 Å². The Morgan fingerprint density at radius 1 is 1.10 bits per heavy atom. The van der Waals surface area contributed by atoms with E-state index in [2.05, 4.69) is 49.3 Å². The van der Waals surface area contributed by atoms with Crippen molar-refractivity contribution in [2.24, 2.45) is 0 Å². The summed E-state index contributed by atoms with van der Waals surface area (Å²) in [6.07, 6.45) is 1.97. The molecule has 1 amide bonds. The Bertz CT molecular complexity index is 457. The van der Waals surface area contributed by atoms with Crippen LogP contribution >= 0.6 is 0 Å².